The fraction of sp³-hybridized carbons (Fsp3) is 0.208. The van der Waals surface area contributed by atoms with Gasteiger partial charge in [0.2, 0.25) is 11.7 Å². The van der Waals surface area contributed by atoms with Crippen molar-refractivity contribution in [2.45, 2.75) is 19.6 Å². The zero-order valence-corrected chi connectivity index (χ0v) is 21.2. The maximum Gasteiger partial charge on any atom is 0.261 e. The van der Waals surface area contributed by atoms with Crippen LogP contribution in [-0.2, 0) is 29.8 Å². The van der Waals surface area contributed by atoms with Crippen LogP contribution in [0.25, 0.3) is 28.6 Å². The third-order valence-corrected chi connectivity index (χ3v) is 5.62. The Balaban J connectivity index is 0.000000540. The SMILES string of the molecule is CN(Cc1ccccc1)Cc1nc(-c2ncn3c2Cn2ncnc2-c2cc(F)ccc2-3)no1.CS(=O)(=O)O. The lowest BCUT2D eigenvalue weighted by Gasteiger charge is -2.13. The molecule has 0 radical (unpaired) electrons. The lowest BCUT2D eigenvalue weighted by molar-refractivity contribution is 0.261. The van der Waals surface area contributed by atoms with Crippen molar-refractivity contribution < 1.29 is 21.9 Å². The molecule has 0 amide bonds. The van der Waals surface area contributed by atoms with Crippen LogP contribution in [0.1, 0.15) is 17.1 Å². The van der Waals surface area contributed by atoms with Gasteiger partial charge in [0.05, 0.1) is 30.7 Å². The molecule has 4 heterocycles. The normalized spacial score (nSPS) is 12.2. The third-order valence-electron chi connectivity index (χ3n) is 5.62. The van der Waals surface area contributed by atoms with Gasteiger partial charge in [-0.05, 0) is 30.8 Å². The minimum atomic E-state index is -3.67. The molecule has 6 rings (SSSR count). The number of hydrogen-bond donors (Lipinski definition) is 1. The van der Waals surface area contributed by atoms with Crippen LogP contribution in [0.2, 0.25) is 0 Å². The fourth-order valence-electron chi connectivity index (χ4n) is 4.14. The van der Waals surface area contributed by atoms with Crippen LogP contribution in [0.4, 0.5) is 4.39 Å². The van der Waals surface area contributed by atoms with Gasteiger partial charge in [0.1, 0.15) is 24.2 Å². The third kappa shape index (κ3) is 5.66. The maximum atomic E-state index is 14.0. The first kappa shape index (κ1) is 25.4. The molecule has 0 saturated carbocycles. The van der Waals surface area contributed by atoms with Crippen molar-refractivity contribution >= 4 is 10.1 Å². The standard InChI is InChI=1S/C23H19FN8O.CH4O3S/c1-30(10-15-5-3-2-4-6-15)12-20-28-22(29-33-20)21-19-11-32-23(25-13-27-32)17-9-16(24)7-8-18(17)31(19)14-26-21;1-5(2,3)4/h2-9,13-14H,10-12H2,1H3;1H3,(H,2,3,4). The van der Waals surface area contributed by atoms with Crippen molar-refractivity contribution in [1.82, 2.24) is 39.4 Å². The Kier molecular flexibility index (Phi) is 6.84. The van der Waals surface area contributed by atoms with Crippen molar-refractivity contribution in [2.75, 3.05) is 13.3 Å². The van der Waals surface area contributed by atoms with Crippen LogP contribution in [0.15, 0.2) is 65.7 Å². The average Bonchev–Trinajstić information content (AvgIpc) is 3.58. The first-order valence-electron chi connectivity index (χ1n) is 11.4. The molecule has 0 unspecified atom stereocenters. The van der Waals surface area contributed by atoms with Gasteiger partial charge in [-0.1, -0.05) is 35.5 Å². The van der Waals surface area contributed by atoms with E-state index < -0.39 is 10.1 Å². The van der Waals surface area contributed by atoms with E-state index in [1.54, 1.807) is 17.1 Å². The molecule has 0 bridgehead atoms. The van der Waals surface area contributed by atoms with Gasteiger partial charge < -0.3 is 4.52 Å². The zero-order valence-electron chi connectivity index (χ0n) is 20.4. The summed E-state index contributed by atoms with van der Waals surface area (Å²) in [5, 5.41) is 8.49. The predicted octanol–water partition coefficient (Wildman–Crippen LogP) is 2.82. The molecule has 1 N–H and O–H groups in total. The predicted molar refractivity (Wildman–Crippen MR) is 134 cm³/mol. The summed E-state index contributed by atoms with van der Waals surface area (Å²) in [5.41, 5.74) is 4.03. The van der Waals surface area contributed by atoms with E-state index in [1.807, 2.05) is 29.8 Å². The van der Waals surface area contributed by atoms with E-state index in [1.165, 1.54) is 24.0 Å². The Morgan fingerprint density at radius 1 is 1.13 bits per heavy atom. The number of halogens is 1. The molecular weight excluding hydrogens is 515 g/mol. The number of aromatic nitrogens is 7. The number of rotatable bonds is 5. The van der Waals surface area contributed by atoms with Gasteiger partial charge in [0.25, 0.3) is 10.1 Å². The molecule has 12 nitrogen and oxygen atoms in total. The Morgan fingerprint density at radius 2 is 1.89 bits per heavy atom. The van der Waals surface area contributed by atoms with E-state index >= 15 is 0 Å². The average molecular weight is 539 g/mol. The van der Waals surface area contributed by atoms with E-state index in [4.69, 9.17) is 9.08 Å². The number of benzene rings is 2. The summed E-state index contributed by atoms with van der Waals surface area (Å²) in [6.07, 6.45) is 3.86. The maximum absolute atomic E-state index is 14.0. The lowest BCUT2D eigenvalue weighted by atomic mass is 10.1. The second-order valence-electron chi connectivity index (χ2n) is 8.72. The monoisotopic (exact) mass is 538 g/mol. The second-order valence-corrected chi connectivity index (χ2v) is 10.2. The topological polar surface area (TPSA) is 145 Å². The number of nitrogens with zero attached hydrogens (tertiary/aromatic N) is 8. The van der Waals surface area contributed by atoms with Gasteiger partial charge in [0.15, 0.2) is 5.82 Å². The van der Waals surface area contributed by atoms with Crippen molar-refractivity contribution in [2.24, 2.45) is 0 Å². The molecule has 0 atom stereocenters. The Bertz CT molecular complexity index is 1670. The highest BCUT2D eigenvalue weighted by molar-refractivity contribution is 7.85. The summed E-state index contributed by atoms with van der Waals surface area (Å²) < 4.78 is 49.0. The Hall–Kier alpha value is -4.27. The van der Waals surface area contributed by atoms with Gasteiger partial charge in [-0.15, -0.1) is 0 Å². The Labute approximate surface area is 217 Å². The van der Waals surface area contributed by atoms with Gasteiger partial charge >= 0.3 is 0 Å². The summed E-state index contributed by atoms with van der Waals surface area (Å²) in [4.78, 5) is 15.6. The minimum absolute atomic E-state index is 0.338. The first-order chi connectivity index (χ1) is 18.2. The molecule has 196 valence electrons. The van der Waals surface area contributed by atoms with E-state index in [0.29, 0.717) is 48.1 Å². The molecular formula is C24H23FN8O4S. The van der Waals surface area contributed by atoms with Gasteiger partial charge in [0, 0.05) is 12.1 Å². The van der Waals surface area contributed by atoms with E-state index in [0.717, 1.165) is 17.9 Å². The van der Waals surface area contributed by atoms with Crippen LogP contribution in [0, 0.1) is 5.82 Å². The van der Waals surface area contributed by atoms with Crippen LogP contribution >= 0.6 is 0 Å². The number of imidazole rings is 1. The smallest absolute Gasteiger partial charge is 0.261 e. The van der Waals surface area contributed by atoms with Crippen molar-refractivity contribution in [3.8, 4) is 28.6 Å². The fourth-order valence-corrected chi connectivity index (χ4v) is 4.14. The molecule has 0 aliphatic carbocycles. The summed E-state index contributed by atoms with van der Waals surface area (Å²) in [7, 11) is -1.66. The molecule has 0 spiro atoms. The van der Waals surface area contributed by atoms with E-state index in [9.17, 15) is 12.8 Å². The Morgan fingerprint density at radius 3 is 2.66 bits per heavy atom. The number of fused-ring (bicyclic) bond motifs is 5. The number of hydrogen-bond acceptors (Lipinski definition) is 9. The van der Waals surface area contributed by atoms with Crippen molar-refractivity contribution in [3.63, 3.8) is 0 Å². The van der Waals surface area contributed by atoms with E-state index in [-0.39, 0.29) is 5.82 Å². The molecule has 1 aliphatic heterocycles. The molecule has 0 fully saturated rings. The summed E-state index contributed by atoms with van der Waals surface area (Å²) in [6.45, 7) is 1.66. The second kappa shape index (κ2) is 10.2. The molecule has 1 aliphatic rings. The van der Waals surface area contributed by atoms with Crippen molar-refractivity contribution in [3.05, 3.63) is 84.2 Å². The largest absolute Gasteiger partial charge is 0.337 e. The lowest BCUT2D eigenvalue weighted by Crippen LogP contribution is -2.17. The molecule has 0 saturated heterocycles. The van der Waals surface area contributed by atoms with Crippen LogP contribution < -0.4 is 0 Å². The summed E-state index contributed by atoms with van der Waals surface area (Å²) >= 11 is 0. The zero-order chi connectivity index (χ0) is 26.9. The summed E-state index contributed by atoms with van der Waals surface area (Å²) in [5.74, 6) is 1.16. The van der Waals surface area contributed by atoms with Crippen LogP contribution in [0.5, 0.6) is 0 Å². The van der Waals surface area contributed by atoms with Gasteiger partial charge in [-0.25, -0.2) is 19.0 Å². The minimum Gasteiger partial charge on any atom is -0.337 e. The van der Waals surface area contributed by atoms with E-state index in [2.05, 4.69) is 42.2 Å². The summed E-state index contributed by atoms with van der Waals surface area (Å²) in [6, 6.07) is 14.8. The van der Waals surface area contributed by atoms with Crippen molar-refractivity contribution in [1.29, 1.82) is 0 Å². The van der Waals surface area contributed by atoms with Gasteiger partial charge in [-0.3, -0.25) is 14.0 Å². The highest BCUT2D eigenvalue weighted by atomic mass is 32.2. The highest BCUT2D eigenvalue weighted by Crippen LogP contribution is 2.33. The van der Waals surface area contributed by atoms with Crippen LogP contribution in [-0.4, -0.2) is 65.6 Å². The van der Waals surface area contributed by atoms with Crippen LogP contribution in [0.3, 0.4) is 0 Å². The molecule has 5 aromatic rings. The first-order valence-corrected chi connectivity index (χ1v) is 13.2. The highest BCUT2D eigenvalue weighted by Gasteiger charge is 2.26. The molecule has 3 aromatic heterocycles. The molecule has 38 heavy (non-hydrogen) atoms. The molecule has 2 aromatic carbocycles. The quantitative estimate of drug-likeness (QED) is 0.325. The van der Waals surface area contributed by atoms with Gasteiger partial charge in [-0.2, -0.15) is 18.5 Å². The molecule has 14 heteroatoms.